The van der Waals surface area contributed by atoms with Crippen molar-refractivity contribution in [2.75, 3.05) is 13.2 Å². The Bertz CT molecular complexity index is 1840. The zero-order valence-electron chi connectivity index (χ0n) is 48.9. The van der Waals surface area contributed by atoms with E-state index in [1.807, 2.05) is 12.2 Å². The Morgan fingerprint density at radius 3 is 0.896 bits per heavy atom. The van der Waals surface area contributed by atoms with Crippen molar-refractivity contribution in [3.63, 3.8) is 0 Å². The molecule has 6 nitrogen and oxygen atoms in total. The fourth-order valence-electron chi connectivity index (χ4n) is 7.43. The fraction of sp³-hybridized carbons (Fsp3) is 0.535. The van der Waals surface area contributed by atoms with Crippen LogP contribution in [0.5, 0.6) is 0 Å². The van der Waals surface area contributed by atoms with Crippen LogP contribution >= 0.6 is 0 Å². The molecular formula is C71H108O6. The van der Waals surface area contributed by atoms with Crippen LogP contribution in [0.15, 0.2) is 182 Å². The Balaban J connectivity index is 4.65. The second-order valence-corrected chi connectivity index (χ2v) is 19.1. The molecule has 428 valence electrons. The molecule has 0 aliphatic carbocycles. The Kier molecular flexibility index (Phi) is 58.6. The summed E-state index contributed by atoms with van der Waals surface area (Å²) in [5.74, 6) is -1.10. The molecule has 0 radical (unpaired) electrons. The average Bonchev–Trinajstić information content (AvgIpc) is 3.43. The van der Waals surface area contributed by atoms with Gasteiger partial charge < -0.3 is 14.2 Å². The van der Waals surface area contributed by atoms with Gasteiger partial charge in [0.1, 0.15) is 13.2 Å². The lowest BCUT2D eigenvalue weighted by Gasteiger charge is -2.18. The van der Waals surface area contributed by atoms with Crippen molar-refractivity contribution in [3.8, 4) is 0 Å². The highest BCUT2D eigenvalue weighted by atomic mass is 16.6. The maximum Gasteiger partial charge on any atom is 0.306 e. The molecule has 0 fully saturated rings. The lowest BCUT2D eigenvalue weighted by molar-refractivity contribution is -0.166. The van der Waals surface area contributed by atoms with E-state index >= 15 is 0 Å². The van der Waals surface area contributed by atoms with Gasteiger partial charge in [0.05, 0.1) is 0 Å². The van der Waals surface area contributed by atoms with Crippen molar-refractivity contribution in [2.45, 2.75) is 232 Å². The highest BCUT2D eigenvalue weighted by molar-refractivity contribution is 5.71. The summed E-state index contributed by atoms with van der Waals surface area (Å²) in [5.41, 5.74) is 0. The molecule has 0 aliphatic rings. The fourth-order valence-corrected chi connectivity index (χ4v) is 7.43. The Hall–Kier alpha value is -5.49. The summed E-state index contributed by atoms with van der Waals surface area (Å²) in [5, 5.41) is 0. The number of carbonyl (C=O) groups is 3. The number of allylic oxidation sites excluding steroid dienone is 30. The van der Waals surface area contributed by atoms with Crippen LogP contribution in [0.1, 0.15) is 226 Å². The van der Waals surface area contributed by atoms with Gasteiger partial charge in [-0.2, -0.15) is 0 Å². The number of carbonyl (C=O) groups excluding carboxylic acids is 3. The van der Waals surface area contributed by atoms with E-state index in [0.717, 1.165) is 122 Å². The molecule has 0 amide bonds. The Morgan fingerprint density at radius 1 is 0.273 bits per heavy atom. The van der Waals surface area contributed by atoms with Crippen LogP contribution in [0.4, 0.5) is 0 Å². The van der Waals surface area contributed by atoms with E-state index in [1.54, 1.807) is 0 Å². The number of ether oxygens (including phenoxy) is 3. The summed E-state index contributed by atoms with van der Waals surface area (Å²) in [6.45, 7) is 6.25. The largest absolute Gasteiger partial charge is 0.462 e. The molecule has 1 unspecified atom stereocenters. The highest BCUT2D eigenvalue weighted by Gasteiger charge is 2.19. The van der Waals surface area contributed by atoms with E-state index in [0.29, 0.717) is 19.3 Å². The van der Waals surface area contributed by atoms with Crippen molar-refractivity contribution in [3.05, 3.63) is 182 Å². The van der Waals surface area contributed by atoms with Crippen LogP contribution in [0.25, 0.3) is 0 Å². The van der Waals surface area contributed by atoms with Gasteiger partial charge >= 0.3 is 17.9 Å². The quantitative estimate of drug-likeness (QED) is 0.0261. The molecule has 0 saturated heterocycles. The standard InChI is InChI=1S/C71H108O6/c1-4-7-10-13-16-19-22-25-28-31-33-34-35-36-38-40-43-46-49-52-55-58-61-64-70(73)76-67-68(66-75-69(72)63-60-57-54-51-48-45-42-39-30-27-24-21-18-15-12-9-6-3)77-71(74)65-62-59-56-53-50-47-44-41-37-32-29-26-23-20-17-14-11-8-5-2/h7-8,10-11,16-21,25-30,33-34,36-38,41,43,46-47,50,52,55-56,59,68H,4-6,9,12-15,22-24,31-32,35,39-40,42,44-45,48-49,51,53-54,57-58,60-67H2,1-3H3/b10-7-,11-8-,19-16-,20-17-,21-18-,28-25-,29-26-,30-27-,34-33-,38-36-,41-37-,46-43-,50-47-,55-52-,59-56-. The van der Waals surface area contributed by atoms with Gasteiger partial charge in [-0.1, -0.05) is 248 Å². The third-order valence-corrected chi connectivity index (χ3v) is 11.9. The molecule has 0 saturated carbocycles. The van der Waals surface area contributed by atoms with Crippen LogP contribution in [0, 0.1) is 0 Å². The second-order valence-electron chi connectivity index (χ2n) is 19.1. The molecule has 0 heterocycles. The van der Waals surface area contributed by atoms with Gasteiger partial charge in [0.15, 0.2) is 6.10 Å². The van der Waals surface area contributed by atoms with Crippen molar-refractivity contribution in [2.24, 2.45) is 0 Å². The number of rotatable bonds is 52. The first kappa shape index (κ1) is 71.5. The summed E-state index contributed by atoms with van der Waals surface area (Å²) in [6.07, 6.45) is 94.7. The van der Waals surface area contributed by atoms with Gasteiger partial charge in [0.2, 0.25) is 0 Å². The molecule has 77 heavy (non-hydrogen) atoms. The number of hydrogen-bond donors (Lipinski definition) is 0. The van der Waals surface area contributed by atoms with Gasteiger partial charge in [-0.05, 0) is 141 Å². The van der Waals surface area contributed by atoms with Gasteiger partial charge in [-0.3, -0.25) is 14.4 Å². The van der Waals surface area contributed by atoms with E-state index in [9.17, 15) is 14.4 Å². The van der Waals surface area contributed by atoms with Crippen LogP contribution in [0.2, 0.25) is 0 Å². The summed E-state index contributed by atoms with van der Waals surface area (Å²) < 4.78 is 16.8. The molecule has 0 N–H and O–H groups in total. The van der Waals surface area contributed by atoms with Gasteiger partial charge in [-0.25, -0.2) is 0 Å². The van der Waals surface area contributed by atoms with Gasteiger partial charge in [-0.15, -0.1) is 0 Å². The summed E-state index contributed by atoms with van der Waals surface area (Å²) in [4.78, 5) is 38.2. The number of esters is 3. The van der Waals surface area contributed by atoms with E-state index < -0.39 is 12.1 Å². The number of hydrogen-bond acceptors (Lipinski definition) is 6. The third kappa shape index (κ3) is 61.2. The topological polar surface area (TPSA) is 78.9 Å². The first-order valence-electron chi connectivity index (χ1n) is 30.3. The molecule has 0 aromatic carbocycles. The molecule has 1 atom stereocenters. The molecule has 0 aliphatic heterocycles. The molecule has 0 aromatic heterocycles. The Morgan fingerprint density at radius 2 is 0.545 bits per heavy atom. The third-order valence-electron chi connectivity index (χ3n) is 11.9. The lowest BCUT2D eigenvalue weighted by atomic mass is 10.1. The zero-order chi connectivity index (χ0) is 55.7. The molecular weight excluding hydrogens is 949 g/mol. The SMILES string of the molecule is CC/C=C\C/C=C\C/C=C\C/C=C\C/C=C\C/C=C\C/C=C\CCCC(=O)OCC(COC(=O)CCCCCCCCC/C=C\C/C=C\CCCCC)OC(=O)CC/C=C\C/C=C\C/C=C\C/C=C\C/C=C\C/C=C\CC. The van der Waals surface area contributed by atoms with Crippen molar-refractivity contribution < 1.29 is 28.6 Å². The Labute approximate surface area is 472 Å². The predicted molar refractivity (Wildman–Crippen MR) is 334 cm³/mol. The monoisotopic (exact) mass is 1060 g/mol. The molecule has 0 bridgehead atoms. The van der Waals surface area contributed by atoms with E-state index in [4.69, 9.17) is 14.2 Å². The van der Waals surface area contributed by atoms with Crippen molar-refractivity contribution >= 4 is 17.9 Å². The van der Waals surface area contributed by atoms with E-state index in [-0.39, 0.29) is 38.0 Å². The highest BCUT2D eigenvalue weighted by Crippen LogP contribution is 2.12. The average molecular weight is 1060 g/mol. The lowest BCUT2D eigenvalue weighted by Crippen LogP contribution is -2.30. The summed E-state index contributed by atoms with van der Waals surface area (Å²) >= 11 is 0. The molecule has 0 aromatic rings. The predicted octanol–water partition coefficient (Wildman–Crippen LogP) is 20.9. The van der Waals surface area contributed by atoms with E-state index in [2.05, 4.69) is 191 Å². The molecule has 6 heteroatoms. The van der Waals surface area contributed by atoms with Crippen molar-refractivity contribution in [1.82, 2.24) is 0 Å². The van der Waals surface area contributed by atoms with Crippen molar-refractivity contribution in [1.29, 1.82) is 0 Å². The van der Waals surface area contributed by atoms with E-state index in [1.165, 1.54) is 51.4 Å². The van der Waals surface area contributed by atoms with Gasteiger partial charge in [0, 0.05) is 19.3 Å². The first-order chi connectivity index (χ1) is 38.0. The summed E-state index contributed by atoms with van der Waals surface area (Å²) in [6, 6.07) is 0. The molecule has 0 rings (SSSR count). The second kappa shape index (κ2) is 63.0. The minimum atomic E-state index is -0.858. The zero-order valence-corrected chi connectivity index (χ0v) is 48.9. The minimum Gasteiger partial charge on any atom is -0.462 e. The van der Waals surface area contributed by atoms with Gasteiger partial charge in [0.25, 0.3) is 0 Å². The van der Waals surface area contributed by atoms with Crippen LogP contribution in [-0.4, -0.2) is 37.2 Å². The normalized spacial score (nSPS) is 13.4. The molecule has 0 spiro atoms. The smallest absolute Gasteiger partial charge is 0.306 e. The maximum atomic E-state index is 12.9. The van der Waals surface area contributed by atoms with Crippen LogP contribution in [0.3, 0.4) is 0 Å². The van der Waals surface area contributed by atoms with Crippen LogP contribution < -0.4 is 0 Å². The minimum absolute atomic E-state index is 0.140. The number of unbranched alkanes of at least 4 members (excludes halogenated alkanes) is 11. The van der Waals surface area contributed by atoms with Crippen LogP contribution in [-0.2, 0) is 28.6 Å². The first-order valence-corrected chi connectivity index (χ1v) is 30.3. The summed E-state index contributed by atoms with van der Waals surface area (Å²) in [7, 11) is 0. The maximum absolute atomic E-state index is 12.9.